The van der Waals surface area contributed by atoms with Gasteiger partial charge in [0.05, 0.1) is 24.6 Å². The number of carbonyl (C=O) groups is 1. The first-order chi connectivity index (χ1) is 14.0. The van der Waals surface area contributed by atoms with Gasteiger partial charge in [0.1, 0.15) is 12.1 Å². The van der Waals surface area contributed by atoms with Gasteiger partial charge in [-0.25, -0.2) is 0 Å². The molecule has 0 aliphatic heterocycles. The quantitative estimate of drug-likeness (QED) is 0.564. The Kier molecular flexibility index (Phi) is 6.93. The van der Waals surface area contributed by atoms with Crippen LogP contribution in [0.1, 0.15) is 31.0 Å². The molecular formula is C22H26N4O2S. The number of aromatic nitrogens is 3. The van der Waals surface area contributed by atoms with E-state index in [0.717, 1.165) is 22.6 Å². The summed E-state index contributed by atoms with van der Waals surface area (Å²) in [4.78, 5) is 12.7. The molecule has 152 valence electrons. The predicted octanol–water partition coefficient (Wildman–Crippen LogP) is 4.19. The van der Waals surface area contributed by atoms with Gasteiger partial charge >= 0.3 is 0 Å². The molecule has 1 atom stereocenters. The Labute approximate surface area is 175 Å². The lowest BCUT2D eigenvalue weighted by molar-refractivity contribution is -0.119. The number of nitrogens with zero attached hydrogens (tertiary/aromatic N) is 3. The largest absolute Gasteiger partial charge is 0.497 e. The summed E-state index contributed by atoms with van der Waals surface area (Å²) >= 11 is 1.38. The summed E-state index contributed by atoms with van der Waals surface area (Å²) in [6.45, 7) is 6.23. The van der Waals surface area contributed by atoms with Gasteiger partial charge in [0.15, 0.2) is 5.16 Å². The summed E-state index contributed by atoms with van der Waals surface area (Å²) in [7, 11) is 1.64. The average Bonchev–Trinajstić information content (AvgIpc) is 3.19. The van der Waals surface area contributed by atoms with E-state index >= 15 is 0 Å². The van der Waals surface area contributed by atoms with Crippen LogP contribution in [0.5, 0.6) is 5.75 Å². The lowest BCUT2D eigenvalue weighted by atomic mass is 9.96. The Morgan fingerprint density at radius 2 is 1.90 bits per heavy atom. The molecule has 2 aromatic carbocycles. The van der Waals surface area contributed by atoms with Gasteiger partial charge in [-0.05, 0) is 42.2 Å². The predicted molar refractivity (Wildman–Crippen MR) is 116 cm³/mol. The van der Waals surface area contributed by atoms with E-state index in [1.54, 1.807) is 13.4 Å². The van der Waals surface area contributed by atoms with Gasteiger partial charge in [0.2, 0.25) is 5.91 Å². The van der Waals surface area contributed by atoms with Gasteiger partial charge in [-0.1, -0.05) is 55.9 Å². The van der Waals surface area contributed by atoms with Crippen LogP contribution in [0.15, 0.2) is 60.0 Å². The number of rotatable bonds is 8. The first kappa shape index (κ1) is 20.9. The van der Waals surface area contributed by atoms with Gasteiger partial charge < -0.3 is 10.1 Å². The van der Waals surface area contributed by atoms with Crippen molar-refractivity contribution in [3.63, 3.8) is 0 Å². The fourth-order valence-corrected chi connectivity index (χ4v) is 3.85. The highest BCUT2D eigenvalue weighted by atomic mass is 32.2. The standard InChI is InChI=1S/C22H26N4O2S/c1-15(2)21(17-9-11-18(28-4)12-10-17)24-20(27)13-29-22-25-23-14-26(22)19-8-6-5-7-16(19)3/h5-12,14-15,21H,13H2,1-4H3,(H,24,27). The van der Waals surface area contributed by atoms with Crippen molar-refractivity contribution in [2.24, 2.45) is 5.92 Å². The van der Waals surface area contributed by atoms with Crippen LogP contribution < -0.4 is 10.1 Å². The lowest BCUT2D eigenvalue weighted by Crippen LogP contribution is -2.33. The summed E-state index contributed by atoms with van der Waals surface area (Å²) in [5.41, 5.74) is 3.19. The number of para-hydroxylation sites is 1. The third kappa shape index (κ3) is 5.17. The van der Waals surface area contributed by atoms with Gasteiger partial charge in [0, 0.05) is 0 Å². The van der Waals surface area contributed by atoms with E-state index in [1.165, 1.54) is 11.8 Å². The molecule has 1 unspecified atom stereocenters. The first-order valence-corrected chi connectivity index (χ1v) is 10.5. The van der Waals surface area contributed by atoms with Crippen molar-refractivity contribution in [1.29, 1.82) is 0 Å². The van der Waals surface area contributed by atoms with Crippen LogP contribution in [0, 0.1) is 12.8 Å². The van der Waals surface area contributed by atoms with E-state index in [4.69, 9.17) is 4.74 Å². The normalized spacial score (nSPS) is 12.0. The van der Waals surface area contributed by atoms with Crippen molar-refractivity contribution in [3.8, 4) is 11.4 Å². The molecule has 0 spiro atoms. The minimum atomic E-state index is -0.0664. The molecule has 29 heavy (non-hydrogen) atoms. The fourth-order valence-electron chi connectivity index (χ4n) is 3.11. The van der Waals surface area contributed by atoms with Crippen LogP contribution in [-0.2, 0) is 4.79 Å². The highest BCUT2D eigenvalue weighted by Gasteiger charge is 2.19. The van der Waals surface area contributed by atoms with Gasteiger partial charge in [-0.3, -0.25) is 9.36 Å². The Morgan fingerprint density at radius 1 is 1.17 bits per heavy atom. The molecule has 1 heterocycles. The van der Waals surface area contributed by atoms with E-state index in [9.17, 15) is 4.79 Å². The van der Waals surface area contributed by atoms with E-state index in [-0.39, 0.29) is 23.6 Å². The van der Waals surface area contributed by atoms with E-state index in [0.29, 0.717) is 5.16 Å². The van der Waals surface area contributed by atoms with Gasteiger partial charge in [-0.15, -0.1) is 10.2 Å². The van der Waals surface area contributed by atoms with Crippen molar-refractivity contribution in [2.45, 2.75) is 32.0 Å². The molecule has 0 aliphatic carbocycles. The number of hydrogen-bond acceptors (Lipinski definition) is 5. The number of nitrogens with one attached hydrogen (secondary N) is 1. The van der Waals surface area contributed by atoms with E-state index < -0.39 is 0 Å². The molecule has 3 aromatic rings. The maximum atomic E-state index is 12.7. The zero-order valence-electron chi connectivity index (χ0n) is 17.1. The SMILES string of the molecule is COc1ccc(C(NC(=O)CSc2nncn2-c2ccccc2C)C(C)C)cc1. The number of carbonyl (C=O) groups excluding carboxylic acids is 1. The van der Waals surface area contributed by atoms with Crippen molar-refractivity contribution >= 4 is 17.7 Å². The molecule has 1 N–H and O–H groups in total. The molecular weight excluding hydrogens is 384 g/mol. The topological polar surface area (TPSA) is 69.0 Å². The lowest BCUT2D eigenvalue weighted by Gasteiger charge is -2.23. The molecule has 0 aliphatic rings. The van der Waals surface area contributed by atoms with Crippen LogP contribution in [0.3, 0.4) is 0 Å². The van der Waals surface area contributed by atoms with Gasteiger partial charge in [0.25, 0.3) is 0 Å². The molecule has 1 amide bonds. The average molecular weight is 411 g/mol. The van der Waals surface area contributed by atoms with Crippen LogP contribution in [0.2, 0.25) is 0 Å². The molecule has 0 saturated carbocycles. The maximum Gasteiger partial charge on any atom is 0.230 e. The fraction of sp³-hybridized carbons (Fsp3) is 0.318. The first-order valence-electron chi connectivity index (χ1n) is 9.51. The number of ether oxygens (including phenoxy) is 1. The second-order valence-corrected chi connectivity index (χ2v) is 8.06. The number of thioether (sulfide) groups is 1. The van der Waals surface area contributed by atoms with E-state index in [2.05, 4.69) is 29.4 Å². The van der Waals surface area contributed by atoms with Crippen molar-refractivity contribution < 1.29 is 9.53 Å². The number of benzene rings is 2. The zero-order valence-corrected chi connectivity index (χ0v) is 17.9. The monoisotopic (exact) mass is 410 g/mol. The van der Waals surface area contributed by atoms with Crippen LogP contribution in [0.25, 0.3) is 5.69 Å². The number of methoxy groups -OCH3 is 1. The molecule has 6 nitrogen and oxygen atoms in total. The molecule has 0 saturated heterocycles. The third-order valence-electron chi connectivity index (χ3n) is 4.68. The summed E-state index contributed by atoms with van der Waals surface area (Å²) < 4.78 is 7.13. The Bertz CT molecular complexity index is 953. The van der Waals surface area contributed by atoms with Crippen LogP contribution >= 0.6 is 11.8 Å². The third-order valence-corrected chi connectivity index (χ3v) is 5.62. The maximum absolute atomic E-state index is 12.7. The summed E-state index contributed by atoms with van der Waals surface area (Å²) in [6.07, 6.45) is 1.68. The second kappa shape index (κ2) is 9.60. The molecule has 0 radical (unpaired) electrons. The molecule has 0 bridgehead atoms. The second-order valence-electron chi connectivity index (χ2n) is 7.12. The summed E-state index contributed by atoms with van der Waals surface area (Å²) in [5, 5.41) is 12.0. The highest BCUT2D eigenvalue weighted by Crippen LogP contribution is 2.25. The number of hydrogen-bond donors (Lipinski definition) is 1. The molecule has 7 heteroatoms. The summed E-state index contributed by atoms with van der Waals surface area (Å²) in [5.74, 6) is 1.29. The Hall–Kier alpha value is -2.80. The Balaban J connectivity index is 1.66. The minimum Gasteiger partial charge on any atom is -0.497 e. The number of amides is 1. The van der Waals surface area contributed by atoms with Crippen molar-refractivity contribution in [2.75, 3.05) is 12.9 Å². The molecule has 3 rings (SSSR count). The van der Waals surface area contributed by atoms with E-state index in [1.807, 2.05) is 60.0 Å². The van der Waals surface area contributed by atoms with Crippen LogP contribution in [-0.4, -0.2) is 33.5 Å². The minimum absolute atomic E-state index is 0.0381. The molecule has 1 aromatic heterocycles. The smallest absolute Gasteiger partial charge is 0.230 e. The highest BCUT2D eigenvalue weighted by molar-refractivity contribution is 7.99. The van der Waals surface area contributed by atoms with Crippen LogP contribution in [0.4, 0.5) is 0 Å². The summed E-state index contributed by atoms with van der Waals surface area (Å²) in [6, 6.07) is 15.8. The van der Waals surface area contributed by atoms with Crippen molar-refractivity contribution in [3.05, 3.63) is 66.0 Å². The number of aryl methyl sites for hydroxylation is 1. The van der Waals surface area contributed by atoms with Crippen molar-refractivity contribution in [1.82, 2.24) is 20.1 Å². The molecule has 0 fully saturated rings. The zero-order chi connectivity index (χ0) is 20.8. The Morgan fingerprint density at radius 3 is 2.55 bits per heavy atom. The van der Waals surface area contributed by atoms with Gasteiger partial charge in [-0.2, -0.15) is 0 Å².